The number of aryl methyl sites for hydroxylation is 2. The molecular weight excluding hydrogens is 246 g/mol. The van der Waals surface area contributed by atoms with Crippen molar-refractivity contribution in [3.63, 3.8) is 0 Å². The van der Waals surface area contributed by atoms with Crippen molar-refractivity contribution >= 4 is 0 Å². The Bertz CT molecular complexity index is 593. The van der Waals surface area contributed by atoms with Crippen LogP contribution in [0.2, 0.25) is 0 Å². The van der Waals surface area contributed by atoms with E-state index in [-0.39, 0.29) is 11.6 Å². The first-order chi connectivity index (χ1) is 8.97. The SMILES string of the molecule is Cc1ccc(C(O)Cc2ccc(F)cc2C)cc1F. The topological polar surface area (TPSA) is 20.2 Å². The van der Waals surface area contributed by atoms with Gasteiger partial charge in [-0.25, -0.2) is 8.78 Å². The molecule has 100 valence electrons. The maximum Gasteiger partial charge on any atom is 0.126 e. The highest BCUT2D eigenvalue weighted by Crippen LogP contribution is 2.22. The highest BCUT2D eigenvalue weighted by molar-refractivity contribution is 5.30. The maximum atomic E-state index is 13.4. The largest absolute Gasteiger partial charge is 0.388 e. The lowest BCUT2D eigenvalue weighted by molar-refractivity contribution is 0.177. The monoisotopic (exact) mass is 262 g/mol. The molecule has 0 bridgehead atoms. The van der Waals surface area contributed by atoms with Crippen LogP contribution in [0.4, 0.5) is 8.78 Å². The van der Waals surface area contributed by atoms with E-state index in [9.17, 15) is 13.9 Å². The van der Waals surface area contributed by atoms with Gasteiger partial charge in [-0.15, -0.1) is 0 Å². The molecule has 1 nitrogen and oxygen atoms in total. The van der Waals surface area contributed by atoms with Crippen LogP contribution < -0.4 is 0 Å². The van der Waals surface area contributed by atoms with Gasteiger partial charge in [0.25, 0.3) is 0 Å². The number of benzene rings is 2. The highest BCUT2D eigenvalue weighted by atomic mass is 19.1. The summed E-state index contributed by atoms with van der Waals surface area (Å²) in [6.07, 6.45) is -0.450. The molecule has 0 aliphatic carbocycles. The molecule has 0 radical (unpaired) electrons. The molecule has 2 rings (SSSR count). The van der Waals surface area contributed by atoms with Gasteiger partial charge in [0.1, 0.15) is 11.6 Å². The van der Waals surface area contributed by atoms with Crippen molar-refractivity contribution in [2.45, 2.75) is 26.4 Å². The number of rotatable bonds is 3. The average Bonchev–Trinajstić information content (AvgIpc) is 2.36. The Morgan fingerprint density at radius 3 is 2.37 bits per heavy atom. The van der Waals surface area contributed by atoms with Crippen molar-refractivity contribution in [3.05, 3.63) is 70.3 Å². The van der Waals surface area contributed by atoms with Crippen molar-refractivity contribution in [2.24, 2.45) is 0 Å². The Labute approximate surface area is 111 Å². The summed E-state index contributed by atoms with van der Waals surface area (Å²) in [4.78, 5) is 0. The molecule has 19 heavy (non-hydrogen) atoms. The summed E-state index contributed by atoms with van der Waals surface area (Å²) in [7, 11) is 0. The summed E-state index contributed by atoms with van der Waals surface area (Å²) in [5.41, 5.74) is 2.72. The second-order valence-corrected chi connectivity index (χ2v) is 4.80. The molecular formula is C16H16F2O. The summed E-state index contributed by atoms with van der Waals surface area (Å²) >= 11 is 0. The standard InChI is InChI=1S/C16H16F2O/c1-10-3-4-13(8-15(10)18)16(19)9-12-5-6-14(17)7-11(12)2/h3-8,16,19H,9H2,1-2H3. The van der Waals surface area contributed by atoms with Crippen LogP contribution >= 0.6 is 0 Å². The van der Waals surface area contributed by atoms with Gasteiger partial charge in [-0.2, -0.15) is 0 Å². The zero-order valence-electron chi connectivity index (χ0n) is 11.0. The maximum absolute atomic E-state index is 13.4. The van der Waals surface area contributed by atoms with E-state index in [0.717, 1.165) is 11.1 Å². The summed E-state index contributed by atoms with van der Waals surface area (Å²) in [5, 5.41) is 10.1. The van der Waals surface area contributed by atoms with Gasteiger partial charge in [-0.3, -0.25) is 0 Å². The normalized spacial score (nSPS) is 12.5. The number of aliphatic hydroxyl groups is 1. The minimum Gasteiger partial charge on any atom is -0.388 e. The minimum atomic E-state index is -0.792. The summed E-state index contributed by atoms with van der Waals surface area (Å²) in [6.45, 7) is 3.47. The van der Waals surface area contributed by atoms with Crippen LogP contribution in [0.1, 0.15) is 28.4 Å². The van der Waals surface area contributed by atoms with Crippen LogP contribution in [0.5, 0.6) is 0 Å². The second-order valence-electron chi connectivity index (χ2n) is 4.80. The Balaban J connectivity index is 2.20. The van der Waals surface area contributed by atoms with Crippen molar-refractivity contribution in [3.8, 4) is 0 Å². The Hall–Kier alpha value is -1.74. The molecule has 1 atom stereocenters. The molecule has 0 saturated carbocycles. The Morgan fingerprint density at radius 2 is 1.74 bits per heavy atom. The molecule has 0 amide bonds. The number of hydrogen-bond acceptors (Lipinski definition) is 1. The summed E-state index contributed by atoms with van der Waals surface area (Å²) in [6, 6.07) is 9.15. The number of hydrogen-bond donors (Lipinski definition) is 1. The predicted molar refractivity (Wildman–Crippen MR) is 70.9 cm³/mol. The van der Waals surface area contributed by atoms with Crippen LogP contribution in [0, 0.1) is 25.5 Å². The van der Waals surface area contributed by atoms with Gasteiger partial charge in [0.05, 0.1) is 6.10 Å². The molecule has 0 fully saturated rings. The van der Waals surface area contributed by atoms with Gasteiger partial charge in [0.2, 0.25) is 0 Å². The van der Waals surface area contributed by atoms with Crippen LogP contribution in [-0.2, 0) is 6.42 Å². The molecule has 0 spiro atoms. The zero-order chi connectivity index (χ0) is 14.0. The molecule has 1 unspecified atom stereocenters. The lowest BCUT2D eigenvalue weighted by atomic mass is 9.97. The lowest BCUT2D eigenvalue weighted by Crippen LogP contribution is -2.04. The summed E-state index contributed by atoms with van der Waals surface area (Å²) < 4.78 is 26.4. The smallest absolute Gasteiger partial charge is 0.126 e. The molecule has 2 aromatic rings. The Kier molecular flexibility index (Phi) is 3.96. The first-order valence-electron chi connectivity index (χ1n) is 6.16. The van der Waals surface area contributed by atoms with E-state index in [4.69, 9.17) is 0 Å². The van der Waals surface area contributed by atoms with E-state index in [1.54, 1.807) is 32.0 Å². The van der Waals surface area contributed by atoms with Crippen molar-refractivity contribution in [1.82, 2.24) is 0 Å². The first-order valence-corrected chi connectivity index (χ1v) is 6.16. The van der Waals surface area contributed by atoms with Crippen molar-refractivity contribution < 1.29 is 13.9 Å². The minimum absolute atomic E-state index is 0.294. The fourth-order valence-corrected chi connectivity index (χ4v) is 2.03. The number of halogens is 2. The second kappa shape index (κ2) is 5.49. The van der Waals surface area contributed by atoms with Crippen LogP contribution in [0.3, 0.4) is 0 Å². The fourth-order valence-electron chi connectivity index (χ4n) is 2.03. The van der Waals surface area contributed by atoms with E-state index >= 15 is 0 Å². The van der Waals surface area contributed by atoms with Crippen molar-refractivity contribution in [2.75, 3.05) is 0 Å². The van der Waals surface area contributed by atoms with Gasteiger partial charge in [0, 0.05) is 6.42 Å². The van der Waals surface area contributed by atoms with E-state index in [1.165, 1.54) is 18.2 Å². The van der Waals surface area contributed by atoms with E-state index in [0.29, 0.717) is 17.5 Å². The van der Waals surface area contributed by atoms with E-state index in [1.807, 2.05) is 0 Å². The third-order valence-corrected chi connectivity index (χ3v) is 3.30. The average molecular weight is 262 g/mol. The van der Waals surface area contributed by atoms with E-state index < -0.39 is 6.10 Å². The van der Waals surface area contributed by atoms with E-state index in [2.05, 4.69) is 0 Å². The van der Waals surface area contributed by atoms with Crippen LogP contribution in [0.15, 0.2) is 36.4 Å². The lowest BCUT2D eigenvalue weighted by Gasteiger charge is -2.13. The van der Waals surface area contributed by atoms with Gasteiger partial charge in [-0.1, -0.05) is 18.2 Å². The molecule has 0 aliphatic heterocycles. The van der Waals surface area contributed by atoms with Crippen molar-refractivity contribution in [1.29, 1.82) is 0 Å². The fraction of sp³-hybridized carbons (Fsp3) is 0.250. The molecule has 0 saturated heterocycles. The first kappa shape index (κ1) is 13.7. The summed E-state index contributed by atoms with van der Waals surface area (Å²) in [5.74, 6) is -0.621. The van der Waals surface area contributed by atoms with Gasteiger partial charge in [0.15, 0.2) is 0 Å². The van der Waals surface area contributed by atoms with Crippen LogP contribution in [-0.4, -0.2) is 5.11 Å². The third kappa shape index (κ3) is 3.18. The van der Waals surface area contributed by atoms with Crippen LogP contribution in [0.25, 0.3) is 0 Å². The molecule has 1 N–H and O–H groups in total. The highest BCUT2D eigenvalue weighted by Gasteiger charge is 2.12. The molecule has 3 heteroatoms. The Morgan fingerprint density at radius 1 is 1.00 bits per heavy atom. The van der Waals surface area contributed by atoms with Gasteiger partial charge >= 0.3 is 0 Å². The van der Waals surface area contributed by atoms with Gasteiger partial charge in [-0.05, 0) is 54.3 Å². The number of aliphatic hydroxyl groups excluding tert-OH is 1. The zero-order valence-corrected chi connectivity index (χ0v) is 11.0. The molecule has 0 aromatic heterocycles. The molecule has 0 aliphatic rings. The van der Waals surface area contributed by atoms with Gasteiger partial charge < -0.3 is 5.11 Å². The molecule has 0 heterocycles. The molecule has 2 aromatic carbocycles. The predicted octanol–water partition coefficient (Wildman–Crippen LogP) is 3.86. The quantitative estimate of drug-likeness (QED) is 0.890. The third-order valence-electron chi connectivity index (χ3n) is 3.30.